The fourth-order valence-corrected chi connectivity index (χ4v) is 8.58. The average Bonchev–Trinajstić information content (AvgIpc) is 3.38. The number of carbonyl (C=O) groups excluding carboxylic acids is 3. The molecule has 3 saturated heterocycles. The van der Waals surface area contributed by atoms with Crippen molar-refractivity contribution in [2.45, 2.75) is 49.1 Å². The van der Waals surface area contributed by atoms with E-state index in [4.69, 9.17) is 4.74 Å². The van der Waals surface area contributed by atoms with Crippen molar-refractivity contribution in [1.29, 1.82) is 0 Å². The van der Waals surface area contributed by atoms with Crippen LogP contribution in [-0.2, 0) is 19.1 Å². The summed E-state index contributed by atoms with van der Waals surface area (Å²) in [6.45, 7) is 13.5. The summed E-state index contributed by atoms with van der Waals surface area (Å²) in [5, 5.41) is 9.81. The number of fused-ring (bicyclic) bond motifs is 1. The number of thioether (sulfide) groups is 1. The maximum atomic E-state index is 14.4. The van der Waals surface area contributed by atoms with E-state index in [1.165, 1.54) is 11.0 Å². The van der Waals surface area contributed by atoms with Crippen molar-refractivity contribution < 1.29 is 24.2 Å². The molecule has 1 spiro atoms. The molecule has 2 amide bonds. The number of carbonyl (C=O) groups is 3. The van der Waals surface area contributed by atoms with Gasteiger partial charge in [-0.15, -0.1) is 18.3 Å². The molecule has 0 radical (unpaired) electrons. The van der Waals surface area contributed by atoms with E-state index in [0.29, 0.717) is 12.8 Å². The van der Waals surface area contributed by atoms with Crippen molar-refractivity contribution in [2.24, 2.45) is 11.8 Å². The maximum absolute atomic E-state index is 14.4. The van der Waals surface area contributed by atoms with Gasteiger partial charge in [0.2, 0.25) is 5.91 Å². The monoisotopic (exact) mass is 498 g/mol. The van der Waals surface area contributed by atoms with Crippen LogP contribution >= 0.6 is 11.8 Å². The van der Waals surface area contributed by atoms with Crippen molar-refractivity contribution in [3.63, 3.8) is 0 Å². The summed E-state index contributed by atoms with van der Waals surface area (Å²) in [7, 11) is 0. The van der Waals surface area contributed by atoms with Crippen LogP contribution in [0.2, 0.25) is 0 Å². The molecular formula is C27H34N2O5S. The van der Waals surface area contributed by atoms with Crippen molar-refractivity contribution in [3.05, 3.63) is 54.6 Å². The molecular weight excluding hydrogens is 464 g/mol. The Morgan fingerprint density at radius 1 is 1.29 bits per heavy atom. The lowest BCUT2D eigenvalue weighted by Gasteiger charge is -2.37. The number of ether oxygens (including phenoxy) is 1. The van der Waals surface area contributed by atoms with Gasteiger partial charge in [0.25, 0.3) is 5.91 Å². The summed E-state index contributed by atoms with van der Waals surface area (Å²) in [4.78, 5) is 44.5. The number of nitrogens with zero attached hydrogens (tertiary/aromatic N) is 2. The van der Waals surface area contributed by atoms with Crippen LogP contribution in [0.5, 0.6) is 0 Å². The van der Waals surface area contributed by atoms with Crippen LogP contribution in [0.4, 0.5) is 5.69 Å². The standard InChI is InChI=1S/C27H34N2O5S/c1-6-12-28(19-16-17(3)8-9-18(19)4)24(32)22-27-11-10-26(5,35-27)21(25(33)34-15-7-2)20(27)23(31)29(22)13-14-30/h6-9,16,20-22,30H,1-2,10-15H2,3-5H3/t20-,21-,22?,26+,27?/m0/s1. The van der Waals surface area contributed by atoms with Crippen molar-refractivity contribution in [2.75, 3.05) is 31.2 Å². The highest BCUT2D eigenvalue weighted by Crippen LogP contribution is 2.71. The SMILES string of the molecule is C=CCOC(=O)[C@@H]1[C@H]2C(=O)N(CCO)C(C(=O)N(CC=C)c3cc(C)ccc3C)C23CC[C@@]1(C)S3. The Kier molecular flexibility index (Phi) is 6.90. The van der Waals surface area contributed by atoms with E-state index in [-0.39, 0.29) is 38.1 Å². The number of aryl methyl sites for hydroxylation is 2. The zero-order valence-electron chi connectivity index (χ0n) is 20.7. The first-order chi connectivity index (χ1) is 16.6. The zero-order valence-corrected chi connectivity index (χ0v) is 21.5. The normalized spacial score (nSPS) is 30.8. The fraction of sp³-hybridized carbons (Fsp3) is 0.519. The lowest BCUT2D eigenvalue weighted by molar-refractivity contribution is -0.154. The molecule has 3 aliphatic heterocycles. The molecule has 1 N–H and O–H groups in total. The third-order valence-electron chi connectivity index (χ3n) is 7.68. The predicted molar refractivity (Wildman–Crippen MR) is 137 cm³/mol. The van der Waals surface area contributed by atoms with Gasteiger partial charge in [0, 0.05) is 23.5 Å². The number of anilines is 1. The molecule has 188 valence electrons. The molecule has 0 aromatic heterocycles. The van der Waals surface area contributed by atoms with Gasteiger partial charge in [0.15, 0.2) is 0 Å². The van der Waals surface area contributed by atoms with Crippen LogP contribution in [0.3, 0.4) is 0 Å². The van der Waals surface area contributed by atoms with Gasteiger partial charge in [0.05, 0.1) is 23.2 Å². The number of aliphatic hydroxyl groups excluding tert-OH is 1. The molecule has 0 saturated carbocycles. The maximum Gasteiger partial charge on any atom is 0.311 e. The van der Waals surface area contributed by atoms with E-state index in [0.717, 1.165) is 16.8 Å². The van der Waals surface area contributed by atoms with Crippen LogP contribution < -0.4 is 4.90 Å². The largest absolute Gasteiger partial charge is 0.461 e. The topological polar surface area (TPSA) is 87.1 Å². The number of aliphatic hydroxyl groups is 1. The Hall–Kier alpha value is -2.58. The summed E-state index contributed by atoms with van der Waals surface area (Å²) >= 11 is 1.59. The number of benzene rings is 1. The molecule has 2 bridgehead atoms. The van der Waals surface area contributed by atoms with Gasteiger partial charge in [-0.25, -0.2) is 0 Å². The highest BCUT2D eigenvalue weighted by Gasteiger charge is 2.77. The molecule has 5 atom stereocenters. The molecule has 35 heavy (non-hydrogen) atoms. The number of amides is 2. The van der Waals surface area contributed by atoms with E-state index < -0.39 is 33.3 Å². The van der Waals surface area contributed by atoms with E-state index >= 15 is 0 Å². The number of hydrogen-bond donors (Lipinski definition) is 1. The second kappa shape index (κ2) is 9.47. The molecule has 8 heteroatoms. The third-order valence-corrected chi connectivity index (χ3v) is 9.67. The minimum Gasteiger partial charge on any atom is -0.461 e. The number of likely N-dealkylation sites (tertiary alicyclic amines) is 1. The second-order valence-corrected chi connectivity index (χ2v) is 11.8. The molecule has 3 heterocycles. The Labute approximate surface area is 211 Å². The molecule has 2 unspecified atom stereocenters. The fourth-order valence-electron chi connectivity index (χ4n) is 6.24. The van der Waals surface area contributed by atoms with Gasteiger partial charge >= 0.3 is 5.97 Å². The lowest BCUT2D eigenvalue weighted by Crippen LogP contribution is -2.55. The first-order valence-electron chi connectivity index (χ1n) is 12.0. The van der Waals surface area contributed by atoms with Gasteiger partial charge in [-0.2, -0.15) is 0 Å². The van der Waals surface area contributed by atoms with Crippen LogP contribution in [0, 0.1) is 25.7 Å². The van der Waals surface area contributed by atoms with Crippen molar-refractivity contribution in [3.8, 4) is 0 Å². The first kappa shape index (κ1) is 25.5. The number of esters is 1. The summed E-state index contributed by atoms with van der Waals surface area (Å²) in [5.74, 6) is -2.21. The number of β-amino-alcohol motifs (C(OH)–C–C–N with tert-alkyl or cyclic N) is 1. The smallest absolute Gasteiger partial charge is 0.311 e. The van der Waals surface area contributed by atoms with Crippen LogP contribution in [0.1, 0.15) is 30.9 Å². The average molecular weight is 499 g/mol. The van der Waals surface area contributed by atoms with E-state index in [1.54, 1.807) is 22.7 Å². The van der Waals surface area contributed by atoms with Crippen LogP contribution in [-0.4, -0.2) is 69.6 Å². The molecule has 0 aliphatic carbocycles. The molecule has 1 aromatic carbocycles. The first-order valence-corrected chi connectivity index (χ1v) is 12.9. The Bertz CT molecular complexity index is 1070. The van der Waals surface area contributed by atoms with Gasteiger partial charge in [-0.05, 0) is 50.8 Å². The van der Waals surface area contributed by atoms with Gasteiger partial charge in [-0.1, -0.05) is 30.9 Å². The molecule has 7 nitrogen and oxygen atoms in total. The summed E-state index contributed by atoms with van der Waals surface area (Å²) in [5.41, 5.74) is 2.74. The minimum absolute atomic E-state index is 0.0356. The summed E-state index contributed by atoms with van der Waals surface area (Å²) in [6.07, 6.45) is 4.53. The highest BCUT2D eigenvalue weighted by atomic mass is 32.2. The summed E-state index contributed by atoms with van der Waals surface area (Å²) < 4.78 is 4.17. The van der Waals surface area contributed by atoms with Gasteiger partial charge in [0.1, 0.15) is 12.6 Å². The number of rotatable bonds is 9. The van der Waals surface area contributed by atoms with E-state index in [1.807, 2.05) is 39.0 Å². The minimum atomic E-state index is -0.795. The Balaban J connectivity index is 1.80. The van der Waals surface area contributed by atoms with E-state index in [2.05, 4.69) is 13.2 Å². The molecule has 3 fully saturated rings. The lowest BCUT2D eigenvalue weighted by atomic mass is 9.66. The van der Waals surface area contributed by atoms with Gasteiger partial charge in [-0.3, -0.25) is 14.4 Å². The Morgan fingerprint density at radius 2 is 2.03 bits per heavy atom. The van der Waals surface area contributed by atoms with E-state index in [9.17, 15) is 19.5 Å². The molecule has 1 aromatic rings. The second-order valence-electron chi connectivity index (χ2n) is 9.93. The highest BCUT2D eigenvalue weighted by molar-refractivity contribution is 8.02. The summed E-state index contributed by atoms with van der Waals surface area (Å²) in [6, 6.07) is 5.14. The molecule has 4 rings (SSSR count). The Morgan fingerprint density at radius 3 is 2.69 bits per heavy atom. The van der Waals surface area contributed by atoms with Gasteiger partial charge < -0.3 is 19.6 Å². The van der Waals surface area contributed by atoms with Crippen molar-refractivity contribution >= 4 is 35.2 Å². The predicted octanol–water partition coefficient (Wildman–Crippen LogP) is 3.03. The molecule has 3 aliphatic rings. The zero-order chi connectivity index (χ0) is 25.5. The quantitative estimate of drug-likeness (QED) is 0.416. The van der Waals surface area contributed by atoms with Crippen LogP contribution in [0.15, 0.2) is 43.5 Å². The third kappa shape index (κ3) is 3.91. The van der Waals surface area contributed by atoms with Crippen molar-refractivity contribution in [1.82, 2.24) is 4.90 Å². The van der Waals surface area contributed by atoms with Crippen LogP contribution in [0.25, 0.3) is 0 Å². The number of hydrogen-bond acceptors (Lipinski definition) is 6.